The van der Waals surface area contributed by atoms with Gasteiger partial charge in [0, 0.05) is 19.7 Å². The van der Waals surface area contributed by atoms with Gasteiger partial charge in [0.15, 0.2) is 0 Å². The topological polar surface area (TPSA) is 50.4 Å². The van der Waals surface area contributed by atoms with Crippen molar-refractivity contribution in [2.45, 2.75) is 45.8 Å². The number of amides is 2. The number of benzene rings is 1. The van der Waals surface area contributed by atoms with E-state index in [1.165, 1.54) is 11.1 Å². The summed E-state index contributed by atoms with van der Waals surface area (Å²) in [6, 6.07) is 8.17. The fourth-order valence-corrected chi connectivity index (χ4v) is 2.62. The Kier molecular flexibility index (Phi) is 6.05. The van der Waals surface area contributed by atoms with Gasteiger partial charge >= 0.3 is 6.03 Å². The molecule has 1 heterocycles. The van der Waals surface area contributed by atoms with Crippen LogP contribution in [0.5, 0.6) is 0 Å². The second kappa shape index (κ2) is 8.03. The van der Waals surface area contributed by atoms with Crippen molar-refractivity contribution in [2.24, 2.45) is 5.92 Å². The Morgan fingerprint density at radius 2 is 2.05 bits per heavy atom. The summed E-state index contributed by atoms with van der Waals surface area (Å²) in [7, 11) is 0. The zero-order chi connectivity index (χ0) is 15.1. The number of carbonyl (C=O) groups is 1. The summed E-state index contributed by atoms with van der Waals surface area (Å²) in [5.74, 6) is 0.611. The van der Waals surface area contributed by atoms with Crippen LogP contribution in [0, 0.1) is 5.92 Å². The monoisotopic (exact) mass is 290 g/mol. The van der Waals surface area contributed by atoms with Crippen LogP contribution in [0.3, 0.4) is 0 Å². The van der Waals surface area contributed by atoms with Gasteiger partial charge in [-0.25, -0.2) is 4.79 Å². The number of carbonyl (C=O) groups excluding carboxylic acids is 1. The molecule has 0 aliphatic carbocycles. The summed E-state index contributed by atoms with van der Waals surface area (Å²) < 4.78 is 5.49. The highest BCUT2D eigenvalue weighted by Gasteiger charge is 2.16. The molecule has 21 heavy (non-hydrogen) atoms. The highest BCUT2D eigenvalue weighted by atomic mass is 16.5. The molecule has 0 spiro atoms. The van der Waals surface area contributed by atoms with E-state index in [1.54, 1.807) is 0 Å². The van der Waals surface area contributed by atoms with Gasteiger partial charge in [0.05, 0.1) is 6.10 Å². The first-order chi connectivity index (χ1) is 10.1. The molecule has 1 atom stereocenters. The lowest BCUT2D eigenvalue weighted by Gasteiger charge is -2.14. The Morgan fingerprint density at radius 3 is 2.71 bits per heavy atom. The number of urea groups is 1. The summed E-state index contributed by atoms with van der Waals surface area (Å²) in [6.45, 7) is 6.40. The van der Waals surface area contributed by atoms with Gasteiger partial charge in [-0.15, -0.1) is 0 Å². The summed E-state index contributed by atoms with van der Waals surface area (Å²) in [4.78, 5) is 11.8. The predicted octanol–water partition coefficient (Wildman–Crippen LogP) is 2.86. The van der Waals surface area contributed by atoms with E-state index in [-0.39, 0.29) is 12.1 Å². The van der Waals surface area contributed by atoms with E-state index < -0.39 is 0 Å². The molecule has 0 radical (unpaired) electrons. The lowest BCUT2D eigenvalue weighted by Crippen LogP contribution is -2.39. The molecule has 2 rings (SSSR count). The Morgan fingerprint density at radius 1 is 1.29 bits per heavy atom. The number of ether oxygens (including phenoxy) is 1. The molecule has 0 saturated carbocycles. The number of rotatable bonds is 6. The normalized spacial score (nSPS) is 18.0. The molecule has 2 amide bonds. The molecule has 1 aromatic rings. The molecule has 4 nitrogen and oxygen atoms in total. The molecule has 4 heteroatoms. The maximum Gasteiger partial charge on any atom is 0.315 e. The van der Waals surface area contributed by atoms with E-state index in [9.17, 15) is 4.79 Å². The SMILES string of the molecule is CC(C)Cc1ccccc1CNC(=O)NCC1CCCO1. The smallest absolute Gasteiger partial charge is 0.315 e. The number of hydrogen-bond donors (Lipinski definition) is 2. The maximum absolute atomic E-state index is 11.8. The Balaban J connectivity index is 1.77. The molecular formula is C17H26N2O2. The minimum atomic E-state index is -0.121. The summed E-state index contributed by atoms with van der Waals surface area (Å²) in [6.07, 6.45) is 3.35. The van der Waals surface area contributed by atoms with Gasteiger partial charge in [-0.2, -0.15) is 0 Å². The lowest BCUT2D eigenvalue weighted by atomic mass is 9.98. The third kappa shape index (κ3) is 5.38. The molecule has 2 N–H and O–H groups in total. The van der Waals surface area contributed by atoms with Gasteiger partial charge in [-0.3, -0.25) is 0 Å². The van der Waals surface area contributed by atoms with Crippen molar-refractivity contribution in [2.75, 3.05) is 13.2 Å². The highest BCUT2D eigenvalue weighted by molar-refractivity contribution is 5.73. The van der Waals surface area contributed by atoms with E-state index in [4.69, 9.17) is 4.74 Å². The van der Waals surface area contributed by atoms with Gasteiger partial charge in [0.1, 0.15) is 0 Å². The first-order valence-corrected chi connectivity index (χ1v) is 7.85. The molecule has 116 valence electrons. The molecule has 0 aromatic heterocycles. The summed E-state index contributed by atoms with van der Waals surface area (Å²) in [5, 5.41) is 5.81. The fraction of sp³-hybridized carbons (Fsp3) is 0.588. The van der Waals surface area contributed by atoms with E-state index >= 15 is 0 Å². The second-order valence-corrected chi connectivity index (χ2v) is 6.07. The largest absolute Gasteiger partial charge is 0.376 e. The van der Waals surface area contributed by atoms with Crippen LogP contribution in [-0.2, 0) is 17.7 Å². The molecule has 1 fully saturated rings. The van der Waals surface area contributed by atoms with Crippen LogP contribution in [0.15, 0.2) is 24.3 Å². The van der Waals surface area contributed by atoms with Crippen LogP contribution < -0.4 is 10.6 Å². The van der Waals surface area contributed by atoms with Crippen LogP contribution in [-0.4, -0.2) is 25.3 Å². The summed E-state index contributed by atoms with van der Waals surface area (Å²) >= 11 is 0. The van der Waals surface area contributed by atoms with Crippen LogP contribution in [0.4, 0.5) is 4.79 Å². The maximum atomic E-state index is 11.8. The Hall–Kier alpha value is -1.55. The average molecular weight is 290 g/mol. The van der Waals surface area contributed by atoms with E-state index in [2.05, 4.69) is 42.7 Å². The number of nitrogens with one attached hydrogen (secondary N) is 2. The van der Waals surface area contributed by atoms with Crippen LogP contribution in [0.25, 0.3) is 0 Å². The predicted molar refractivity (Wildman–Crippen MR) is 84.2 cm³/mol. The molecule has 1 aromatic carbocycles. The third-order valence-electron chi connectivity index (χ3n) is 3.70. The van der Waals surface area contributed by atoms with Crippen molar-refractivity contribution >= 4 is 6.03 Å². The molecule has 1 aliphatic heterocycles. The zero-order valence-corrected chi connectivity index (χ0v) is 13.0. The minimum absolute atomic E-state index is 0.121. The van der Waals surface area contributed by atoms with Crippen molar-refractivity contribution in [3.63, 3.8) is 0 Å². The Bertz CT molecular complexity index is 454. The van der Waals surface area contributed by atoms with Crippen LogP contribution >= 0.6 is 0 Å². The highest BCUT2D eigenvalue weighted by Crippen LogP contribution is 2.14. The van der Waals surface area contributed by atoms with E-state index in [0.29, 0.717) is 19.0 Å². The van der Waals surface area contributed by atoms with Gasteiger partial charge in [0.25, 0.3) is 0 Å². The lowest BCUT2D eigenvalue weighted by molar-refractivity contribution is 0.111. The van der Waals surface area contributed by atoms with Gasteiger partial charge in [0.2, 0.25) is 0 Å². The first-order valence-electron chi connectivity index (χ1n) is 7.85. The van der Waals surface area contributed by atoms with Crippen LogP contribution in [0.2, 0.25) is 0 Å². The first kappa shape index (κ1) is 15.8. The van der Waals surface area contributed by atoms with Gasteiger partial charge < -0.3 is 15.4 Å². The molecular weight excluding hydrogens is 264 g/mol. The molecule has 1 saturated heterocycles. The Labute approximate surface area is 127 Å². The molecule has 0 bridgehead atoms. The minimum Gasteiger partial charge on any atom is -0.376 e. The average Bonchev–Trinajstić information content (AvgIpc) is 2.97. The van der Waals surface area contributed by atoms with Crippen molar-refractivity contribution < 1.29 is 9.53 Å². The van der Waals surface area contributed by atoms with Crippen molar-refractivity contribution in [1.29, 1.82) is 0 Å². The molecule has 1 aliphatic rings. The van der Waals surface area contributed by atoms with E-state index in [1.807, 2.05) is 6.07 Å². The quantitative estimate of drug-likeness (QED) is 0.846. The van der Waals surface area contributed by atoms with E-state index in [0.717, 1.165) is 25.9 Å². The van der Waals surface area contributed by atoms with Gasteiger partial charge in [-0.05, 0) is 36.3 Å². The number of hydrogen-bond acceptors (Lipinski definition) is 2. The zero-order valence-electron chi connectivity index (χ0n) is 13.0. The fourth-order valence-electron chi connectivity index (χ4n) is 2.62. The standard InChI is InChI=1S/C17H26N2O2/c1-13(2)10-14-6-3-4-7-15(14)11-18-17(20)19-12-16-8-5-9-21-16/h3-4,6-7,13,16H,5,8-12H2,1-2H3,(H2,18,19,20). The van der Waals surface area contributed by atoms with Crippen molar-refractivity contribution in [3.8, 4) is 0 Å². The summed E-state index contributed by atoms with van der Waals surface area (Å²) in [5.41, 5.74) is 2.50. The van der Waals surface area contributed by atoms with Crippen LogP contribution in [0.1, 0.15) is 37.8 Å². The molecule has 1 unspecified atom stereocenters. The third-order valence-corrected chi connectivity index (χ3v) is 3.70. The second-order valence-electron chi connectivity index (χ2n) is 6.07. The van der Waals surface area contributed by atoms with Crippen molar-refractivity contribution in [3.05, 3.63) is 35.4 Å². The van der Waals surface area contributed by atoms with Gasteiger partial charge in [-0.1, -0.05) is 38.1 Å². The van der Waals surface area contributed by atoms with Crippen molar-refractivity contribution in [1.82, 2.24) is 10.6 Å².